The molecule has 0 radical (unpaired) electrons. The Bertz CT molecular complexity index is 1010. The lowest BCUT2D eigenvalue weighted by atomic mass is 10.1. The predicted molar refractivity (Wildman–Crippen MR) is 101 cm³/mol. The highest BCUT2D eigenvalue weighted by Gasteiger charge is 2.28. The molecule has 0 saturated carbocycles. The molecule has 0 spiro atoms. The quantitative estimate of drug-likeness (QED) is 0.695. The standard InChI is InChI=1S/C19H21FN6O2/c1-12(27)8-22-19(28)15-11-23-26-6-4-17(24-18(15)26)25-5-2-3-16(25)13-7-14(20)10-21-9-13/h4,6-7,9-12,16,27H,2-3,5,8H2,1H3,(H,22,28)/t12?,16-/m1/s1. The second kappa shape index (κ2) is 7.51. The van der Waals surface area contributed by atoms with Crippen LogP contribution in [0.2, 0.25) is 0 Å². The molecule has 0 aliphatic carbocycles. The van der Waals surface area contributed by atoms with Crippen LogP contribution in [0.25, 0.3) is 5.65 Å². The molecule has 2 N–H and O–H groups in total. The van der Waals surface area contributed by atoms with Crippen molar-refractivity contribution in [3.05, 3.63) is 53.9 Å². The van der Waals surface area contributed by atoms with Gasteiger partial charge in [0.05, 0.1) is 24.5 Å². The molecule has 8 nitrogen and oxygen atoms in total. The maximum absolute atomic E-state index is 13.6. The Labute approximate surface area is 161 Å². The molecular formula is C19H21FN6O2. The number of aliphatic hydroxyl groups excluding tert-OH is 1. The van der Waals surface area contributed by atoms with E-state index in [2.05, 4.69) is 25.3 Å². The average Bonchev–Trinajstić information content (AvgIpc) is 3.32. The van der Waals surface area contributed by atoms with E-state index in [0.29, 0.717) is 17.0 Å². The van der Waals surface area contributed by atoms with Crippen molar-refractivity contribution in [1.29, 1.82) is 0 Å². The first-order valence-electron chi connectivity index (χ1n) is 9.20. The Balaban J connectivity index is 1.65. The Hall–Kier alpha value is -3.07. The number of hydrogen-bond acceptors (Lipinski definition) is 6. The van der Waals surface area contributed by atoms with Crippen molar-refractivity contribution in [2.75, 3.05) is 18.0 Å². The molecule has 1 saturated heterocycles. The topological polar surface area (TPSA) is 95.6 Å². The van der Waals surface area contributed by atoms with E-state index in [-0.39, 0.29) is 24.3 Å². The Kier molecular flexibility index (Phi) is 4.91. The fourth-order valence-electron chi connectivity index (χ4n) is 3.51. The summed E-state index contributed by atoms with van der Waals surface area (Å²) in [5, 5.41) is 16.2. The minimum Gasteiger partial charge on any atom is -0.392 e. The van der Waals surface area contributed by atoms with Gasteiger partial charge in [-0.2, -0.15) is 5.10 Å². The van der Waals surface area contributed by atoms with Crippen LogP contribution in [0, 0.1) is 5.82 Å². The van der Waals surface area contributed by atoms with Gasteiger partial charge in [-0.15, -0.1) is 0 Å². The second-order valence-electron chi connectivity index (χ2n) is 6.96. The number of amides is 1. The number of fused-ring (bicyclic) bond motifs is 1. The minimum atomic E-state index is -0.639. The number of nitrogens with zero attached hydrogens (tertiary/aromatic N) is 5. The molecular weight excluding hydrogens is 363 g/mol. The predicted octanol–water partition coefficient (Wildman–Crippen LogP) is 1.72. The highest BCUT2D eigenvalue weighted by Crippen LogP contribution is 2.35. The van der Waals surface area contributed by atoms with Crippen LogP contribution in [0.3, 0.4) is 0 Å². The van der Waals surface area contributed by atoms with Crippen molar-refractivity contribution in [3.8, 4) is 0 Å². The molecule has 2 atom stereocenters. The molecule has 0 aromatic carbocycles. The van der Waals surface area contributed by atoms with E-state index >= 15 is 0 Å². The van der Waals surface area contributed by atoms with Gasteiger partial charge in [-0.3, -0.25) is 9.78 Å². The van der Waals surface area contributed by atoms with Gasteiger partial charge in [0.2, 0.25) is 0 Å². The number of rotatable bonds is 5. The van der Waals surface area contributed by atoms with Gasteiger partial charge in [-0.25, -0.2) is 13.9 Å². The van der Waals surface area contributed by atoms with Crippen LogP contribution in [0.4, 0.5) is 10.2 Å². The normalized spacial score (nSPS) is 17.8. The number of aliphatic hydroxyl groups is 1. The van der Waals surface area contributed by atoms with Gasteiger partial charge in [-0.1, -0.05) is 0 Å². The largest absolute Gasteiger partial charge is 0.392 e. The lowest BCUT2D eigenvalue weighted by Gasteiger charge is -2.26. The van der Waals surface area contributed by atoms with Crippen LogP contribution >= 0.6 is 0 Å². The van der Waals surface area contributed by atoms with Gasteiger partial charge < -0.3 is 15.3 Å². The van der Waals surface area contributed by atoms with Crippen LogP contribution in [-0.4, -0.2) is 49.8 Å². The monoisotopic (exact) mass is 384 g/mol. The number of pyridine rings is 1. The van der Waals surface area contributed by atoms with E-state index in [1.165, 1.54) is 23.0 Å². The van der Waals surface area contributed by atoms with Gasteiger partial charge in [-0.05, 0) is 37.5 Å². The number of halogens is 1. The summed E-state index contributed by atoms with van der Waals surface area (Å²) in [5.41, 5.74) is 1.58. The average molecular weight is 384 g/mol. The zero-order valence-corrected chi connectivity index (χ0v) is 15.4. The molecule has 3 aromatic heterocycles. The molecule has 3 aromatic rings. The summed E-state index contributed by atoms with van der Waals surface area (Å²) in [6.07, 6.45) is 7.27. The smallest absolute Gasteiger partial charge is 0.256 e. The van der Waals surface area contributed by atoms with E-state index in [1.54, 1.807) is 19.3 Å². The molecule has 4 rings (SSSR count). The molecule has 1 amide bonds. The van der Waals surface area contributed by atoms with Crippen molar-refractivity contribution in [2.45, 2.75) is 31.9 Å². The minimum absolute atomic E-state index is 0.0198. The van der Waals surface area contributed by atoms with E-state index in [0.717, 1.165) is 24.9 Å². The third-order valence-electron chi connectivity index (χ3n) is 4.81. The van der Waals surface area contributed by atoms with E-state index in [4.69, 9.17) is 0 Å². The number of anilines is 1. The third kappa shape index (κ3) is 3.53. The summed E-state index contributed by atoms with van der Waals surface area (Å²) >= 11 is 0. The zero-order chi connectivity index (χ0) is 19.7. The molecule has 4 heterocycles. The summed E-state index contributed by atoms with van der Waals surface area (Å²) in [7, 11) is 0. The van der Waals surface area contributed by atoms with Crippen LogP contribution < -0.4 is 10.2 Å². The van der Waals surface area contributed by atoms with Crippen LogP contribution in [0.5, 0.6) is 0 Å². The van der Waals surface area contributed by atoms with Crippen molar-refractivity contribution >= 4 is 17.4 Å². The molecule has 9 heteroatoms. The van der Waals surface area contributed by atoms with E-state index in [9.17, 15) is 14.3 Å². The molecule has 146 valence electrons. The van der Waals surface area contributed by atoms with Crippen molar-refractivity contribution in [3.63, 3.8) is 0 Å². The summed E-state index contributed by atoms with van der Waals surface area (Å²) < 4.78 is 15.2. The number of hydrogen-bond donors (Lipinski definition) is 2. The Morgan fingerprint density at radius 1 is 1.43 bits per heavy atom. The molecule has 0 bridgehead atoms. The lowest BCUT2D eigenvalue weighted by Crippen LogP contribution is -2.30. The third-order valence-corrected chi connectivity index (χ3v) is 4.81. The fourth-order valence-corrected chi connectivity index (χ4v) is 3.51. The SMILES string of the molecule is CC(O)CNC(=O)c1cnn2ccc(N3CCC[C@@H]3c3cncc(F)c3)nc12. The van der Waals surface area contributed by atoms with Crippen LogP contribution in [0.15, 0.2) is 36.9 Å². The van der Waals surface area contributed by atoms with Gasteiger partial charge in [0.25, 0.3) is 5.91 Å². The van der Waals surface area contributed by atoms with Gasteiger partial charge >= 0.3 is 0 Å². The first-order valence-corrected chi connectivity index (χ1v) is 9.20. The molecule has 1 aliphatic heterocycles. The Morgan fingerprint density at radius 3 is 3.07 bits per heavy atom. The first-order chi connectivity index (χ1) is 13.5. The summed E-state index contributed by atoms with van der Waals surface area (Å²) in [4.78, 5) is 23.1. The van der Waals surface area contributed by atoms with Gasteiger partial charge in [0.1, 0.15) is 17.2 Å². The van der Waals surface area contributed by atoms with Crippen molar-refractivity contribution < 1.29 is 14.3 Å². The van der Waals surface area contributed by atoms with Crippen molar-refractivity contribution in [1.82, 2.24) is 24.9 Å². The highest BCUT2D eigenvalue weighted by atomic mass is 19.1. The molecule has 1 fully saturated rings. The summed E-state index contributed by atoms with van der Waals surface area (Å²) in [6.45, 7) is 2.53. The van der Waals surface area contributed by atoms with E-state index < -0.39 is 6.10 Å². The molecule has 28 heavy (non-hydrogen) atoms. The maximum atomic E-state index is 13.6. The number of aromatic nitrogens is 4. The first kappa shape index (κ1) is 18.3. The van der Waals surface area contributed by atoms with Gasteiger partial charge in [0.15, 0.2) is 5.65 Å². The van der Waals surface area contributed by atoms with Crippen LogP contribution in [-0.2, 0) is 0 Å². The van der Waals surface area contributed by atoms with Gasteiger partial charge in [0, 0.05) is 25.5 Å². The summed E-state index contributed by atoms with van der Waals surface area (Å²) in [6, 6.07) is 3.32. The van der Waals surface area contributed by atoms with Crippen molar-refractivity contribution in [2.24, 2.45) is 0 Å². The van der Waals surface area contributed by atoms with Crippen LogP contribution in [0.1, 0.15) is 41.7 Å². The number of carbonyl (C=O) groups excluding carboxylic acids is 1. The second-order valence-corrected chi connectivity index (χ2v) is 6.96. The summed E-state index contributed by atoms with van der Waals surface area (Å²) in [5.74, 6) is -0.00203. The highest BCUT2D eigenvalue weighted by molar-refractivity contribution is 5.99. The fraction of sp³-hybridized carbons (Fsp3) is 0.368. The number of nitrogens with one attached hydrogen (secondary N) is 1. The molecule has 1 aliphatic rings. The maximum Gasteiger partial charge on any atom is 0.256 e. The molecule has 1 unspecified atom stereocenters. The van der Waals surface area contributed by atoms with E-state index in [1.807, 2.05) is 6.07 Å². The Morgan fingerprint density at radius 2 is 2.29 bits per heavy atom. The zero-order valence-electron chi connectivity index (χ0n) is 15.4. The lowest BCUT2D eigenvalue weighted by molar-refractivity contribution is 0.0925. The number of carbonyl (C=O) groups is 1.